The highest BCUT2D eigenvalue weighted by atomic mass is 16.5. The smallest absolute Gasteiger partial charge is 0.254 e. The van der Waals surface area contributed by atoms with Crippen molar-refractivity contribution in [3.8, 4) is 0 Å². The topological polar surface area (TPSA) is 90.5 Å². The molecule has 3 saturated heterocycles. The standard InChI is InChI=1S/C33H42N4O5/c1-4-33(5-2)31(41)37(32(33)42-23-27(38)35-21-19-34(3)20-22-35)29(39)26-17-12-18-36(26)30(40)28(24-13-8-6-9-14-24)25-15-10-7-11-16-25/h6-11,13-16,26,28,32H,4-5,12,17-23H2,1-3H3/t26-,32?/m0/s1. The van der Waals surface area contributed by atoms with Gasteiger partial charge in [-0.05, 0) is 43.9 Å². The average Bonchev–Trinajstić information content (AvgIpc) is 3.51. The van der Waals surface area contributed by atoms with Gasteiger partial charge in [-0.2, -0.15) is 0 Å². The van der Waals surface area contributed by atoms with Crippen molar-refractivity contribution in [2.75, 3.05) is 46.4 Å². The molecule has 4 amide bonds. The first-order valence-corrected chi connectivity index (χ1v) is 15.2. The molecule has 0 N–H and O–H groups in total. The molecule has 3 fully saturated rings. The predicted octanol–water partition coefficient (Wildman–Crippen LogP) is 3.10. The molecule has 0 saturated carbocycles. The maximum Gasteiger partial charge on any atom is 0.254 e. The van der Waals surface area contributed by atoms with Crippen molar-refractivity contribution >= 4 is 23.6 Å². The predicted molar refractivity (Wildman–Crippen MR) is 158 cm³/mol. The van der Waals surface area contributed by atoms with Gasteiger partial charge in [-0.1, -0.05) is 74.5 Å². The summed E-state index contributed by atoms with van der Waals surface area (Å²) in [5.74, 6) is -1.55. The van der Waals surface area contributed by atoms with E-state index in [0.717, 1.165) is 24.2 Å². The van der Waals surface area contributed by atoms with E-state index in [1.165, 1.54) is 4.90 Å². The number of carbonyl (C=O) groups is 4. The molecule has 0 spiro atoms. The molecule has 42 heavy (non-hydrogen) atoms. The maximum absolute atomic E-state index is 14.2. The van der Waals surface area contributed by atoms with Gasteiger partial charge in [0.25, 0.3) is 5.91 Å². The molecule has 0 aromatic heterocycles. The van der Waals surface area contributed by atoms with Gasteiger partial charge in [0.1, 0.15) is 12.6 Å². The van der Waals surface area contributed by atoms with Crippen LogP contribution in [0, 0.1) is 5.41 Å². The average molecular weight is 575 g/mol. The number of piperazine rings is 1. The van der Waals surface area contributed by atoms with Gasteiger partial charge in [0, 0.05) is 32.7 Å². The summed E-state index contributed by atoms with van der Waals surface area (Å²) in [4.78, 5) is 61.7. The first kappa shape index (κ1) is 29.9. The van der Waals surface area contributed by atoms with Gasteiger partial charge in [-0.25, -0.2) is 0 Å². The molecule has 3 aliphatic rings. The molecule has 9 heteroatoms. The largest absolute Gasteiger partial charge is 0.347 e. The summed E-state index contributed by atoms with van der Waals surface area (Å²) in [5.41, 5.74) is 0.847. The molecule has 0 bridgehead atoms. The Labute approximate surface area is 248 Å². The fourth-order valence-corrected chi connectivity index (χ4v) is 6.66. The summed E-state index contributed by atoms with van der Waals surface area (Å²) in [5, 5.41) is 0. The van der Waals surface area contributed by atoms with Crippen LogP contribution in [0.4, 0.5) is 0 Å². The van der Waals surface area contributed by atoms with Crippen LogP contribution in [0.3, 0.4) is 0 Å². The van der Waals surface area contributed by atoms with Crippen molar-refractivity contribution in [1.29, 1.82) is 0 Å². The molecule has 3 heterocycles. The number of imide groups is 1. The third-order valence-corrected chi connectivity index (χ3v) is 9.41. The number of ether oxygens (including phenoxy) is 1. The van der Waals surface area contributed by atoms with Gasteiger partial charge >= 0.3 is 0 Å². The van der Waals surface area contributed by atoms with Gasteiger partial charge in [0.2, 0.25) is 17.7 Å². The monoisotopic (exact) mass is 574 g/mol. The SMILES string of the molecule is CCC1(CC)C(=O)N(C(=O)[C@@H]2CCCN2C(=O)C(c2ccccc2)c2ccccc2)C1OCC(=O)N1CCN(C)CC1. The van der Waals surface area contributed by atoms with Gasteiger partial charge in [-0.15, -0.1) is 0 Å². The Morgan fingerprint density at radius 1 is 0.881 bits per heavy atom. The van der Waals surface area contributed by atoms with E-state index in [2.05, 4.69) is 4.90 Å². The number of likely N-dealkylation sites (N-methyl/N-ethyl adjacent to an activating group) is 1. The summed E-state index contributed by atoms with van der Waals surface area (Å²) in [7, 11) is 2.03. The third-order valence-electron chi connectivity index (χ3n) is 9.41. The van der Waals surface area contributed by atoms with Crippen LogP contribution in [-0.4, -0.2) is 102 Å². The fraction of sp³-hybridized carbons (Fsp3) is 0.515. The van der Waals surface area contributed by atoms with Crippen molar-refractivity contribution < 1.29 is 23.9 Å². The Kier molecular flexibility index (Phi) is 9.08. The van der Waals surface area contributed by atoms with Gasteiger partial charge in [0.05, 0.1) is 11.3 Å². The zero-order valence-corrected chi connectivity index (χ0v) is 24.9. The minimum absolute atomic E-state index is 0.137. The fourth-order valence-electron chi connectivity index (χ4n) is 6.66. The van der Waals surface area contributed by atoms with Crippen molar-refractivity contribution in [3.63, 3.8) is 0 Å². The van der Waals surface area contributed by atoms with Gasteiger partial charge < -0.3 is 19.4 Å². The van der Waals surface area contributed by atoms with Crippen LogP contribution in [0.25, 0.3) is 0 Å². The second-order valence-corrected chi connectivity index (χ2v) is 11.7. The summed E-state index contributed by atoms with van der Waals surface area (Å²) < 4.78 is 6.14. The molecule has 2 aromatic carbocycles. The summed E-state index contributed by atoms with van der Waals surface area (Å²) in [6.07, 6.45) is 1.30. The van der Waals surface area contributed by atoms with Crippen molar-refractivity contribution in [1.82, 2.24) is 19.6 Å². The minimum Gasteiger partial charge on any atom is -0.347 e. The number of carbonyl (C=O) groups excluding carboxylic acids is 4. The molecule has 224 valence electrons. The number of nitrogens with zero attached hydrogens (tertiary/aromatic N) is 4. The molecule has 0 radical (unpaired) electrons. The van der Waals surface area contributed by atoms with E-state index in [4.69, 9.17) is 4.74 Å². The van der Waals surface area contributed by atoms with Crippen LogP contribution >= 0.6 is 0 Å². The van der Waals surface area contributed by atoms with E-state index >= 15 is 0 Å². The van der Waals surface area contributed by atoms with Gasteiger partial charge in [-0.3, -0.25) is 24.1 Å². The summed E-state index contributed by atoms with van der Waals surface area (Å²) >= 11 is 0. The Balaban J connectivity index is 1.36. The quantitative estimate of drug-likeness (QED) is 0.338. The second-order valence-electron chi connectivity index (χ2n) is 11.7. The van der Waals surface area contributed by atoms with Crippen molar-refractivity contribution in [2.45, 2.75) is 57.7 Å². The number of rotatable bonds is 9. The van der Waals surface area contributed by atoms with Crippen LogP contribution in [0.15, 0.2) is 60.7 Å². The molecule has 1 unspecified atom stereocenters. The lowest BCUT2D eigenvalue weighted by molar-refractivity contribution is -0.225. The molecule has 2 aromatic rings. The van der Waals surface area contributed by atoms with Crippen molar-refractivity contribution in [2.24, 2.45) is 5.41 Å². The Morgan fingerprint density at radius 2 is 1.45 bits per heavy atom. The van der Waals surface area contributed by atoms with Crippen LogP contribution in [-0.2, 0) is 23.9 Å². The normalized spacial score (nSPS) is 22.4. The lowest BCUT2D eigenvalue weighted by atomic mass is 9.71. The number of likely N-dealkylation sites (tertiary alicyclic amines) is 2. The number of amides is 4. The molecular formula is C33H42N4O5. The highest BCUT2D eigenvalue weighted by molar-refractivity contribution is 6.07. The lowest BCUT2D eigenvalue weighted by Crippen LogP contribution is -2.73. The molecule has 5 rings (SSSR count). The Bertz CT molecular complexity index is 1230. The van der Waals surface area contributed by atoms with Gasteiger partial charge in [0.15, 0.2) is 6.23 Å². The highest BCUT2D eigenvalue weighted by Crippen LogP contribution is 2.47. The van der Waals surface area contributed by atoms with E-state index in [0.29, 0.717) is 45.3 Å². The number of hydrogen-bond acceptors (Lipinski definition) is 6. The van der Waals surface area contributed by atoms with E-state index in [1.807, 2.05) is 81.6 Å². The van der Waals surface area contributed by atoms with E-state index < -0.39 is 29.5 Å². The molecule has 2 atom stereocenters. The number of hydrogen-bond donors (Lipinski definition) is 0. The zero-order valence-electron chi connectivity index (χ0n) is 24.9. The first-order valence-electron chi connectivity index (χ1n) is 15.2. The molecular weight excluding hydrogens is 532 g/mol. The van der Waals surface area contributed by atoms with E-state index in [1.54, 1.807) is 9.80 Å². The van der Waals surface area contributed by atoms with Crippen LogP contribution in [0.2, 0.25) is 0 Å². The summed E-state index contributed by atoms with van der Waals surface area (Å²) in [6, 6.07) is 18.4. The lowest BCUT2D eigenvalue weighted by Gasteiger charge is -2.54. The Morgan fingerprint density at radius 3 is 2.00 bits per heavy atom. The van der Waals surface area contributed by atoms with E-state index in [9.17, 15) is 19.2 Å². The third kappa shape index (κ3) is 5.47. The molecule has 0 aliphatic carbocycles. The highest BCUT2D eigenvalue weighted by Gasteiger charge is 2.63. The molecule has 9 nitrogen and oxygen atoms in total. The molecule has 3 aliphatic heterocycles. The van der Waals surface area contributed by atoms with Crippen molar-refractivity contribution in [3.05, 3.63) is 71.8 Å². The Hall–Kier alpha value is -3.56. The van der Waals surface area contributed by atoms with Crippen LogP contribution < -0.4 is 0 Å². The van der Waals surface area contributed by atoms with Crippen LogP contribution in [0.1, 0.15) is 56.6 Å². The van der Waals surface area contributed by atoms with E-state index in [-0.39, 0.29) is 24.3 Å². The number of β-lactam (4-membered cyclic amide) rings is 1. The summed E-state index contributed by atoms with van der Waals surface area (Å²) in [6.45, 7) is 6.92. The van der Waals surface area contributed by atoms with Crippen LogP contribution in [0.5, 0.6) is 0 Å². The minimum atomic E-state index is -0.859. The zero-order chi connectivity index (χ0) is 29.9. The number of benzene rings is 2. The first-order chi connectivity index (χ1) is 20.3. The maximum atomic E-state index is 14.2. The second kappa shape index (κ2) is 12.8.